The fourth-order valence-electron chi connectivity index (χ4n) is 2.85. The van der Waals surface area contributed by atoms with E-state index in [1.807, 2.05) is 6.92 Å². The van der Waals surface area contributed by atoms with Crippen LogP contribution in [0.25, 0.3) is 0 Å². The second-order valence-electron chi connectivity index (χ2n) is 6.53. The zero-order chi connectivity index (χ0) is 17.2. The number of carbonyl (C=O) groups is 1. The molecule has 0 aliphatic carbocycles. The van der Waals surface area contributed by atoms with Crippen LogP contribution >= 0.6 is 12.9 Å². The average Bonchev–Trinajstić information content (AvgIpc) is 2.58. The first-order valence-electron chi connectivity index (χ1n) is 9.76. The van der Waals surface area contributed by atoms with Crippen LogP contribution in [-0.2, 0) is 8.98 Å². The molecule has 3 heteroatoms. The average molecular weight is 343 g/mol. The maximum Gasteiger partial charge on any atom is 0.320 e. The van der Waals surface area contributed by atoms with E-state index >= 15 is 0 Å². The van der Waals surface area contributed by atoms with E-state index in [0.29, 0.717) is 0 Å². The van der Waals surface area contributed by atoms with E-state index in [0.717, 1.165) is 19.3 Å². The third-order valence-electron chi connectivity index (χ3n) is 4.48. The van der Waals surface area contributed by atoms with Crippen molar-refractivity contribution in [2.45, 2.75) is 104 Å². The van der Waals surface area contributed by atoms with Crippen molar-refractivity contribution in [3.63, 3.8) is 0 Å². The molecule has 23 heavy (non-hydrogen) atoms. The van der Waals surface area contributed by atoms with Gasteiger partial charge in [0.1, 0.15) is 0 Å². The van der Waals surface area contributed by atoms with Gasteiger partial charge in [-0.1, -0.05) is 77.4 Å². The van der Waals surface area contributed by atoms with Crippen LogP contribution in [-0.4, -0.2) is 5.97 Å². The molecular formula is C20H38O2S. The summed E-state index contributed by atoms with van der Waals surface area (Å²) in [4.78, 5) is 11.4. The summed E-state index contributed by atoms with van der Waals surface area (Å²) in [7, 11) is 0. The molecule has 0 saturated carbocycles. The number of carbonyl (C=O) groups excluding carboxylic acids is 1. The standard InChI is InChI=1S/C20H38O2S/c1-3-5-6-7-8-9-10-11-12-13-14-15-16-17-18-19(4-2)20(21)22-23/h11-12,19,23H,3-10,13-18H2,1-2H3/b12-11-. The van der Waals surface area contributed by atoms with Gasteiger partial charge in [0.2, 0.25) is 0 Å². The molecule has 0 aliphatic rings. The Morgan fingerprint density at radius 2 is 1.39 bits per heavy atom. The minimum Gasteiger partial charge on any atom is -0.394 e. The second kappa shape index (κ2) is 17.9. The van der Waals surface area contributed by atoms with E-state index in [1.54, 1.807) is 0 Å². The summed E-state index contributed by atoms with van der Waals surface area (Å²) in [5, 5.41) is 0. The first kappa shape index (κ1) is 22.6. The Kier molecular flexibility index (Phi) is 17.6. The fourth-order valence-corrected chi connectivity index (χ4v) is 3.00. The molecule has 1 atom stereocenters. The maximum absolute atomic E-state index is 11.4. The monoisotopic (exact) mass is 342 g/mol. The maximum atomic E-state index is 11.4. The van der Waals surface area contributed by atoms with Crippen LogP contribution in [0, 0.1) is 5.92 Å². The summed E-state index contributed by atoms with van der Waals surface area (Å²) in [6.07, 6.45) is 22.0. The minimum atomic E-state index is -0.173. The second-order valence-corrected chi connectivity index (χ2v) is 6.72. The quantitative estimate of drug-likeness (QED) is 0.141. The lowest BCUT2D eigenvalue weighted by Crippen LogP contribution is -2.13. The third-order valence-corrected chi connectivity index (χ3v) is 4.66. The normalized spacial score (nSPS) is 12.7. The van der Waals surface area contributed by atoms with Crippen LogP contribution in [0.2, 0.25) is 0 Å². The van der Waals surface area contributed by atoms with Gasteiger partial charge in [0.05, 0.1) is 5.92 Å². The molecule has 0 saturated heterocycles. The van der Waals surface area contributed by atoms with Gasteiger partial charge >= 0.3 is 5.97 Å². The Morgan fingerprint density at radius 1 is 0.870 bits per heavy atom. The van der Waals surface area contributed by atoms with Gasteiger partial charge in [-0.05, 0) is 38.5 Å². The Morgan fingerprint density at radius 3 is 1.91 bits per heavy atom. The van der Waals surface area contributed by atoms with Crippen LogP contribution in [0.15, 0.2) is 12.2 Å². The van der Waals surface area contributed by atoms with E-state index in [9.17, 15) is 4.79 Å². The molecule has 0 aliphatic heterocycles. The summed E-state index contributed by atoms with van der Waals surface area (Å²) in [5.41, 5.74) is 0. The molecule has 0 bridgehead atoms. The summed E-state index contributed by atoms with van der Waals surface area (Å²) in [5.74, 6) is -0.141. The number of rotatable bonds is 16. The molecule has 0 fully saturated rings. The SMILES string of the molecule is CCCCCCCC/C=C\CCCCCCC(CC)C(=O)OS. The highest BCUT2D eigenvalue weighted by Gasteiger charge is 2.16. The summed E-state index contributed by atoms with van der Waals surface area (Å²) in [6, 6.07) is 0. The highest BCUT2D eigenvalue weighted by atomic mass is 32.1. The molecule has 0 spiro atoms. The topological polar surface area (TPSA) is 26.3 Å². The van der Waals surface area contributed by atoms with Crippen molar-refractivity contribution in [3.8, 4) is 0 Å². The molecule has 0 aromatic heterocycles. The number of hydrogen-bond donors (Lipinski definition) is 1. The molecule has 0 aromatic rings. The molecule has 0 rings (SSSR count). The molecule has 1 unspecified atom stereocenters. The van der Waals surface area contributed by atoms with Crippen LogP contribution < -0.4 is 0 Å². The van der Waals surface area contributed by atoms with Gasteiger partial charge in [-0.25, -0.2) is 0 Å². The van der Waals surface area contributed by atoms with Crippen LogP contribution in [0.4, 0.5) is 0 Å². The first-order chi connectivity index (χ1) is 11.3. The molecule has 0 aromatic carbocycles. The predicted molar refractivity (Wildman–Crippen MR) is 104 cm³/mol. The van der Waals surface area contributed by atoms with Crippen LogP contribution in [0.5, 0.6) is 0 Å². The van der Waals surface area contributed by atoms with Crippen molar-refractivity contribution >= 4 is 18.9 Å². The smallest absolute Gasteiger partial charge is 0.320 e. The predicted octanol–water partition coefficient (Wildman–Crippen LogP) is 7.05. The fraction of sp³-hybridized carbons (Fsp3) is 0.850. The first-order valence-corrected chi connectivity index (χ1v) is 10.1. The number of allylic oxidation sites excluding steroid dienone is 2. The molecule has 136 valence electrons. The molecule has 0 heterocycles. The molecule has 2 nitrogen and oxygen atoms in total. The van der Waals surface area contributed by atoms with E-state index in [-0.39, 0.29) is 11.9 Å². The van der Waals surface area contributed by atoms with E-state index in [4.69, 9.17) is 0 Å². The lowest BCUT2D eigenvalue weighted by atomic mass is 9.98. The van der Waals surface area contributed by atoms with Crippen molar-refractivity contribution in [1.82, 2.24) is 0 Å². The van der Waals surface area contributed by atoms with Crippen molar-refractivity contribution in [2.24, 2.45) is 5.92 Å². The molecular weight excluding hydrogens is 304 g/mol. The van der Waals surface area contributed by atoms with Crippen molar-refractivity contribution in [3.05, 3.63) is 12.2 Å². The van der Waals surface area contributed by atoms with Gasteiger partial charge in [-0.2, -0.15) is 0 Å². The van der Waals surface area contributed by atoms with Crippen LogP contribution in [0.3, 0.4) is 0 Å². The van der Waals surface area contributed by atoms with Crippen LogP contribution in [0.1, 0.15) is 104 Å². The Labute approximate surface area is 150 Å². The summed E-state index contributed by atoms with van der Waals surface area (Å²) < 4.78 is 4.52. The van der Waals surface area contributed by atoms with Gasteiger partial charge in [-0.15, -0.1) is 0 Å². The lowest BCUT2D eigenvalue weighted by molar-refractivity contribution is -0.137. The third kappa shape index (κ3) is 14.9. The zero-order valence-electron chi connectivity index (χ0n) is 15.4. The van der Waals surface area contributed by atoms with Gasteiger partial charge in [0, 0.05) is 12.9 Å². The molecule has 0 radical (unpaired) electrons. The van der Waals surface area contributed by atoms with Crippen molar-refractivity contribution in [2.75, 3.05) is 0 Å². The van der Waals surface area contributed by atoms with Crippen molar-refractivity contribution < 1.29 is 8.98 Å². The van der Waals surface area contributed by atoms with E-state index in [2.05, 4.69) is 36.2 Å². The van der Waals surface area contributed by atoms with E-state index < -0.39 is 0 Å². The van der Waals surface area contributed by atoms with Crippen molar-refractivity contribution in [1.29, 1.82) is 0 Å². The van der Waals surface area contributed by atoms with Gasteiger partial charge in [-0.3, -0.25) is 4.79 Å². The minimum absolute atomic E-state index is 0.0322. The number of thiol groups is 1. The summed E-state index contributed by atoms with van der Waals surface area (Å²) >= 11 is 3.60. The number of unbranched alkanes of at least 4 members (excludes halogenated alkanes) is 10. The van der Waals surface area contributed by atoms with Gasteiger partial charge in [0.15, 0.2) is 0 Å². The van der Waals surface area contributed by atoms with E-state index in [1.165, 1.54) is 70.6 Å². The lowest BCUT2D eigenvalue weighted by Gasteiger charge is -2.10. The van der Waals surface area contributed by atoms with Gasteiger partial charge < -0.3 is 4.18 Å². The highest BCUT2D eigenvalue weighted by Crippen LogP contribution is 2.17. The molecule has 0 N–H and O–H groups in total. The Balaban J connectivity index is 3.32. The zero-order valence-corrected chi connectivity index (χ0v) is 16.3. The van der Waals surface area contributed by atoms with Gasteiger partial charge in [0.25, 0.3) is 0 Å². The largest absolute Gasteiger partial charge is 0.394 e. The highest BCUT2D eigenvalue weighted by molar-refractivity contribution is 7.75. The number of hydrogen-bond acceptors (Lipinski definition) is 3. The Hall–Kier alpha value is -0.440. The Bertz CT molecular complexity index is 289. The molecule has 0 amide bonds. The summed E-state index contributed by atoms with van der Waals surface area (Å²) in [6.45, 7) is 4.30.